The lowest BCUT2D eigenvalue weighted by Gasteiger charge is -2.25. The second-order valence-electron chi connectivity index (χ2n) is 8.38. The van der Waals surface area contributed by atoms with Crippen LogP contribution in [-0.4, -0.2) is 51.9 Å². The molecule has 3 heterocycles. The second kappa shape index (κ2) is 11.7. The fraction of sp³-hybridized carbons (Fsp3) is 0.370. The first-order chi connectivity index (χ1) is 16.7. The lowest BCUT2D eigenvalue weighted by atomic mass is 9.96. The molecule has 1 saturated carbocycles. The highest BCUT2D eigenvalue weighted by Crippen LogP contribution is 2.31. The fourth-order valence-electron chi connectivity index (χ4n) is 3.91. The zero-order valence-corrected chi connectivity index (χ0v) is 19.5. The Bertz CT molecular complexity index is 1220. The van der Waals surface area contributed by atoms with Gasteiger partial charge in [-0.15, -0.1) is 0 Å². The maximum atomic E-state index is 9.71. The van der Waals surface area contributed by atoms with Crippen LogP contribution in [-0.2, 0) is 16.6 Å². The minimum absolute atomic E-state index is 0.154. The predicted octanol–water partition coefficient (Wildman–Crippen LogP) is 4.69. The third kappa shape index (κ3) is 5.61. The van der Waals surface area contributed by atoms with Crippen LogP contribution in [0.3, 0.4) is 0 Å². The van der Waals surface area contributed by atoms with E-state index in [1.165, 1.54) is 28.2 Å². The number of aryl methyl sites for hydroxylation is 1. The molecule has 3 aromatic heterocycles. The van der Waals surface area contributed by atoms with Crippen LogP contribution in [0.5, 0.6) is 5.88 Å². The zero-order chi connectivity index (χ0) is 23.8. The highest BCUT2D eigenvalue weighted by molar-refractivity contribution is 6.08. The van der Waals surface area contributed by atoms with Crippen LogP contribution in [0.2, 0.25) is 0 Å². The van der Waals surface area contributed by atoms with E-state index in [9.17, 15) is 4.79 Å². The molecule has 0 radical (unpaired) electrons. The minimum Gasteiger partial charge on any atom is -0.474 e. The fourth-order valence-corrected chi connectivity index (χ4v) is 3.91. The summed E-state index contributed by atoms with van der Waals surface area (Å²) in [6, 6.07) is 12.7. The third-order valence-corrected chi connectivity index (χ3v) is 6.04. The summed E-state index contributed by atoms with van der Waals surface area (Å²) in [5.74, 6) is 0.727. The van der Waals surface area contributed by atoms with Crippen molar-refractivity contribution in [1.29, 1.82) is 0 Å². The van der Waals surface area contributed by atoms with Gasteiger partial charge in [0.05, 0.1) is 12.1 Å². The summed E-state index contributed by atoms with van der Waals surface area (Å²) < 4.78 is 13.0. The topological polar surface area (TPSA) is 86.5 Å². The normalized spacial score (nSPS) is 13.4. The third-order valence-electron chi connectivity index (χ3n) is 6.04. The number of aliphatic hydroxyl groups is 1. The van der Waals surface area contributed by atoms with E-state index in [0.717, 1.165) is 36.1 Å². The van der Waals surface area contributed by atoms with E-state index in [4.69, 9.17) is 14.6 Å². The van der Waals surface area contributed by atoms with Crippen molar-refractivity contribution in [2.24, 2.45) is 7.05 Å². The van der Waals surface area contributed by atoms with Crippen molar-refractivity contribution in [2.45, 2.75) is 38.2 Å². The van der Waals surface area contributed by atoms with Gasteiger partial charge in [0.2, 0.25) is 5.88 Å². The van der Waals surface area contributed by atoms with Crippen LogP contribution in [0.1, 0.15) is 32.1 Å². The second-order valence-corrected chi connectivity index (χ2v) is 8.38. The Morgan fingerprint density at radius 3 is 2.62 bits per heavy atom. The largest absolute Gasteiger partial charge is 0.474 e. The van der Waals surface area contributed by atoms with Crippen molar-refractivity contribution >= 4 is 28.1 Å². The minimum atomic E-state index is 0.154. The van der Waals surface area contributed by atoms with Gasteiger partial charge < -0.3 is 23.9 Å². The lowest BCUT2D eigenvalue weighted by molar-refractivity contribution is -0.108. The molecule has 0 bridgehead atoms. The van der Waals surface area contributed by atoms with Gasteiger partial charge in [0.25, 0.3) is 0 Å². The van der Waals surface area contributed by atoms with Gasteiger partial charge in [-0.2, -0.15) is 0 Å². The van der Waals surface area contributed by atoms with Crippen molar-refractivity contribution in [2.75, 3.05) is 19.8 Å². The summed E-state index contributed by atoms with van der Waals surface area (Å²) in [5, 5.41) is 10.7. The van der Waals surface area contributed by atoms with Gasteiger partial charge in [-0.1, -0.05) is 12.1 Å². The van der Waals surface area contributed by atoms with Crippen LogP contribution in [0.25, 0.3) is 32.9 Å². The number of rotatable bonds is 9. The maximum absolute atomic E-state index is 9.71. The van der Waals surface area contributed by atoms with Gasteiger partial charge in [0, 0.05) is 73.2 Å². The molecular formula is C27H31N3O4. The van der Waals surface area contributed by atoms with Crippen molar-refractivity contribution < 1.29 is 19.4 Å². The lowest BCUT2D eigenvalue weighted by Crippen LogP contribution is -2.24. The molecule has 0 saturated heterocycles. The van der Waals surface area contributed by atoms with Crippen molar-refractivity contribution in [1.82, 2.24) is 14.5 Å². The SMILES string of the molecule is Cn1c2ccncc2c2ccc(-c3ccc(OC4CCC4)nc3)cc21.O=CCCOCCCO. The van der Waals surface area contributed by atoms with Gasteiger partial charge >= 0.3 is 0 Å². The number of pyridine rings is 2. The molecule has 34 heavy (non-hydrogen) atoms. The molecule has 4 aromatic rings. The molecule has 178 valence electrons. The average Bonchev–Trinajstić information content (AvgIpc) is 3.14. The van der Waals surface area contributed by atoms with Crippen LogP contribution in [0, 0.1) is 0 Å². The van der Waals surface area contributed by atoms with Gasteiger partial charge in [0.1, 0.15) is 12.4 Å². The molecule has 0 amide bonds. The Labute approximate surface area is 199 Å². The smallest absolute Gasteiger partial charge is 0.213 e. The Morgan fingerprint density at radius 1 is 1.06 bits per heavy atom. The number of nitrogens with zero attached hydrogens (tertiary/aromatic N) is 3. The molecule has 1 N–H and O–H groups in total. The molecule has 1 aromatic carbocycles. The highest BCUT2D eigenvalue weighted by atomic mass is 16.5. The average molecular weight is 462 g/mol. The van der Waals surface area contributed by atoms with Crippen LogP contribution >= 0.6 is 0 Å². The first-order valence-electron chi connectivity index (χ1n) is 11.8. The Morgan fingerprint density at radius 2 is 1.91 bits per heavy atom. The zero-order valence-electron chi connectivity index (χ0n) is 19.5. The Balaban J connectivity index is 0.000000262. The van der Waals surface area contributed by atoms with Crippen LogP contribution in [0.4, 0.5) is 0 Å². The first-order valence-corrected chi connectivity index (χ1v) is 11.8. The number of aldehydes is 1. The van der Waals surface area contributed by atoms with Crippen LogP contribution in [0.15, 0.2) is 55.0 Å². The summed E-state index contributed by atoms with van der Waals surface area (Å²) >= 11 is 0. The first kappa shape index (κ1) is 23.9. The standard InChI is InChI=1S/C21H19N3O.C6H12O3/c1-24-19-9-10-22-13-18(19)17-7-5-14(11-20(17)24)15-6-8-21(23-12-15)25-16-3-2-4-16;7-3-1-5-9-6-2-4-8/h5-13,16H,2-4H2,1H3;3,8H,1-2,4-6H2. The van der Waals surface area contributed by atoms with E-state index in [-0.39, 0.29) is 6.61 Å². The van der Waals surface area contributed by atoms with Gasteiger partial charge in [0.15, 0.2) is 0 Å². The van der Waals surface area contributed by atoms with Gasteiger partial charge in [-0.05, 0) is 49.4 Å². The molecule has 1 aliphatic rings. The molecule has 0 unspecified atom stereocenters. The van der Waals surface area contributed by atoms with E-state index >= 15 is 0 Å². The number of fused-ring (bicyclic) bond motifs is 3. The molecule has 0 atom stereocenters. The monoisotopic (exact) mass is 461 g/mol. The quantitative estimate of drug-likeness (QED) is 0.287. The Kier molecular flexibility index (Phi) is 8.22. The highest BCUT2D eigenvalue weighted by Gasteiger charge is 2.19. The number of hydrogen-bond donors (Lipinski definition) is 1. The number of carbonyl (C=O) groups is 1. The van der Waals surface area contributed by atoms with E-state index in [2.05, 4.69) is 51.9 Å². The number of aromatic nitrogens is 3. The van der Waals surface area contributed by atoms with E-state index in [1.807, 2.05) is 24.7 Å². The van der Waals surface area contributed by atoms with E-state index in [0.29, 0.717) is 32.2 Å². The molecule has 7 nitrogen and oxygen atoms in total. The maximum Gasteiger partial charge on any atom is 0.213 e. The number of hydrogen-bond acceptors (Lipinski definition) is 6. The molecular weight excluding hydrogens is 430 g/mol. The molecule has 7 heteroatoms. The van der Waals surface area contributed by atoms with Crippen molar-refractivity contribution in [3.8, 4) is 17.0 Å². The summed E-state index contributed by atoms with van der Waals surface area (Å²) in [4.78, 5) is 18.5. The van der Waals surface area contributed by atoms with Crippen LogP contribution < -0.4 is 4.74 Å². The number of benzene rings is 1. The number of aliphatic hydroxyl groups excluding tert-OH is 1. The molecule has 0 spiro atoms. The molecule has 1 fully saturated rings. The van der Waals surface area contributed by atoms with E-state index < -0.39 is 0 Å². The molecule has 1 aliphatic carbocycles. The number of carbonyl (C=O) groups excluding carboxylic acids is 1. The predicted molar refractivity (Wildman–Crippen MR) is 133 cm³/mol. The van der Waals surface area contributed by atoms with Crippen molar-refractivity contribution in [3.05, 3.63) is 55.0 Å². The summed E-state index contributed by atoms with van der Waals surface area (Å²) in [7, 11) is 2.10. The summed E-state index contributed by atoms with van der Waals surface area (Å²) in [6.07, 6.45) is 11.5. The number of ether oxygens (including phenoxy) is 2. The van der Waals surface area contributed by atoms with Gasteiger partial charge in [-0.25, -0.2) is 4.98 Å². The van der Waals surface area contributed by atoms with E-state index in [1.54, 1.807) is 0 Å². The summed E-state index contributed by atoms with van der Waals surface area (Å²) in [6.45, 7) is 1.18. The molecule has 0 aliphatic heterocycles. The van der Waals surface area contributed by atoms with Crippen molar-refractivity contribution in [3.63, 3.8) is 0 Å². The summed E-state index contributed by atoms with van der Waals surface area (Å²) in [5.41, 5.74) is 4.67. The molecule has 5 rings (SSSR count). The Hall–Kier alpha value is -3.29. The van der Waals surface area contributed by atoms with Gasteiger partial charge in [-0.3, -0.25) is 4.98 Å².